The lowest BCUT2D eigenvalue weighted by molar-refractivity contribution is -0.123. The number of aromatic nitrogens is 1. The van der Waals surface area contributed by atoms with E-state index >= 15 is 0 Å². The Labute approximate surface area is 182 Å². The van der Waals surface area contributed by atoms with Gasteiger partial charge >= 0.3 is 6.09 Å². The molecule has 2 aliphatic rings. The zero-order valence-corrected chi connectivity index (χ0v) is 17.6. The molecule has 6 nitrogen and oxygen atoms in total. The maximum Gasteiger partial charge on any atom is 0.407 e. The molecule has 0 radical (unpaired) electrons. The summed E-state index contributed by atoms with van der Waals surface area (Å²) < 4.78 is 0. The van der Waals surface area contributed by atoms with Crippen molar-refractivity contribution in [3.63, 3.8) is 0 Å². The predicted molar refractivity (Wildman–Crippen MR) is 112 cm³/mol. The Morgan fingerprint density at radius 1 is 1.24 bits per heavy atom. The fourth-order valence-corrected chi connectivity index (χ4v) is 5.26. The van der Waals surface area contributed by atoms with Crippen LogP contribution < -0.4 is 5.32 Å². The number of carbonyl (C=O) groups is 2. The minimum Gasteiger partial charge on any atom is -0.465 e. The van der Waals surface area contributed by atoms with Crippen LogP contribution in [0.4, 0.5) is 10.5 Å². The molecule has 4 rings (SSSR count). The second kappa shape index (κ2) is 7.67. The molecule has 1 fully saturated rings. The van der Waals surface area contributed by atoms with Gasteiger partial charge in [-0.1, -0.05) is 40.9 Å². The summed E-state index contributed by atoms with van der Waals surface area (Å²) in [7, 11) is 0. The summed E-state index contributed by atoms with van der Waals surface area (Å²) >= 11 is 18.3. The predicted octanol–water partition coefficient (Wildman–Crippen LogP) is 4.86. The first-order valence-corrected chi connectivity index (χ1v) is 10.3. The van der Waals surface area contributed by atoms with Crippen LogP contribution in [0.3, 0.4) is 0 Å². The number of halogens is 3. The largest absolute Gasteiger partial charge is 0.465 e. The van der Waals surface area contributed by atoms with E-state index in [0.29, 0.717) is 30.1 Å². The molecule has 2 N–H and O–H groups in total. The van der Waals surface area contributed by atoms with Crippen molar-refractivity contribution in [3.8, 4) is 0 Å². The van der Waals surface area contributed by atoms with Crippen molar-refractivity contribution in [2.75, 3.05) is 18.4 Å². The molecule has 9 heteroatoms. The van der Waals surface area contributed by atoms with Crippen LogP contribution in [0.5, 0.6) is 0 Å². The number of piperidine rings is 1. The van der Waals surface area contributed by atoms with Crippen LogP contribution in [0, 0.1) is 5.92 Å². The van der Waals surface area contributed by atoms with E-state index in [1.807, 2.05) is 6.07 Å². The number of fused-ring (bicyclic) bond motifs is 1. The van der Waals surface area contributed by atoms with Crippen molar-refractivity contribution >= 4 is 52.5 Å². The molecule has 1 aromatic carbocycles. The summed E-state index contributed by atoms with van der Waals surface area (Å²) in [6.45, 7) is 0.737. The summed E-state index contributed by atoms with van der Waals surface area (Å²) in [5, 5.41) is 13.5. The van der Waals surface area contributed by atoms with Crippen molar-refractivity contribution in [1.82, 2.24) is 9.88 Å². The third-order valence-electron chi connectivity index (χ3n) is 5.81. The second-order valence-corrected chi connectivity index (χ2v) is 8.69. The topological polar surface area (TPSA) is 82.5 Å². The molecule has 2 aromatic rings. The molecule has 2 atom stereocenters. The normalized spacial score (nSPS) is 23.6. The number of anilines is 1. The highest BCUT2D eigenvalue weighted by Crippen LogP contribution is 2.49. The summed E-state index contributed by atoms with van der Waals surface area (Å²) in [6, 6.07) is 8.70. The van der Waals surface area contributed by atoms with Crippen LogP contribution in [0.25, 0.3) is 0 Å². The average molecular weight is 455 g/mol. The first-order valence-electron chi connectivity index (χ1n) is 9.21. The lowest BCUT2D eigenvalue weighted by Gasteiger charge is -2.41. The highest BCUT2D eigenvalue weighted by Gasteiger charge is 2.53. The number of rotatable bonds is 3. The monoisotopic (exact) mass is 453 g/mol. The Morgan fingerprint density at radius 3 is 2.66 bits per heavy atom. The summed E-state index contributed by atoms with van der Waals surface area (Å²) in [5.41, 5.74) is 1.27. The molecule has 0 saturated carbocycles. The Kier molecular flexibility index (Phi) is 5.36. The Hall–Kier alpha value is -2.02. The number of hydrogen-bond donors (Lipinski definition) is 2. The number of likely N-dealkylation sites (tertiary alicyclic amines) is 1. The molecule has 2 unspecified atom stereocenters. The molecule has 1 aromatic heterocycles. The number of carboxylic acid groups (broad SMARTS) is 1. The highest BCUT2D eigenvalue weighted by atomic mass is 35.5. The number of pyridine rings is 1. The Morgan fingerprint density at radius 2 is 1.97 bits per heavy atom. The van der Waals surface area contributed by atoms with Gasteiger partial charge in [0.2, 0.25) is 5.91 Å². The van der Waals surface area contributed by atoms with Gasteiger partial charge in [0.25, 0.3) is 0 Å². The van der Waals surface area contributed by atoms with E-state index in [2.05, 4.69) is 10.3 Å². The number of nitrogens with one attached hydrogen (secondary N) is 1. The van der Waals surface area contributed by atoms with E-state index in [9.17, 15) is 14.7 Å². The fourth-order valence-electron chi connectivity index (χ4n) is 4.58. The molecule has 0 bridgehead atoms. The van der Waals surface area contributed by atoms with Gasteiger partial charge in [0.05, 0.1) is 5.41 Å². The molecular formula is C20H18Cl3N3O3. The van der Waals surface area contributed by atoms with Crippen LogP contribution in [0.2, 0.25) is 15.3 Å². The van der Waals surface area contributed by atoms with Gasteiger partial charge < -0.3 is 15.3 Å². The van der Waals surface area contributed by atoms with Crippen LogP contribution in [-0.4, -0.2) is 40.1 Å². The van der Waals surface area contributed by atoms with Gasteiger partial charge in [0, 0.05) is 23.8 Å². The van der Waals surface area contributed by atoms with Crippen LogP contribution in [0.15, 0.2) is 30.3 Å². The number of amides is 2. The van der Waals surface area contributed by atoms with E-state index in [1.54, 1.807) is 24.3 Å². The zero-order chi connectivity index (χ0) is 20.8. The van der Waals surface area contributed by atoms with E-state index in [0.717, 1.165) is 17.5 Å². The van der Waals surface area contributed by atoms with Gasteiger partial charge in [0.1, 0.15) is 10.3 Å². The molecule has 2 amide bonds. The summed E-state index contributed by atoms with van der Waals surface area (Å²) in [5.74, 6) is -0.378. The van der Waals surface area contributed by atoms with Crippen molar-refractivity contribution in [2.45, 2.75) is 24.7 Å². The maximum absolute atomic E-state index is 13.4. The molecule has 1 saturated heterocycles. The first-order chi connectivity index (χ1) is 13.8. The van der Waals surface area contributed by atoms with Crippen LogP contribution >= 0.6 is 34.8 Å². The van der Waals surface area contributed by atoms with Gasteiger partial charge in [-0.2, -0.15) is 0 Å². The Balaban J connectivity index is 1.84. The van der Waals surface area contributed by atoms with Crippen molar-refractivity contribution in [1.29, 1.82) is 0 Å². The standard InChI is InChI=1S/C20H18Cl3N3O3/c21-13-3-4-14-15(8-13)24-18(27)20(14,9-11-6-16(22)25-17(23)7-11)12-2-1-5-26(10-12)19(28)29/h3-4,6-8,12H,1-2,5,9-10H2,(H,24,27)(H,28,29). The lowest BCUT2D eigenvalue weighted by Crippen LogP contribution is -2.51. The molecule has 0 aliphatic carbocycles. The maximum atomic E-state index is 13.4. The molecule has 2 aliphatic heterocycles. The number of hydrogen-bond acceptors (Lipinski definition) is 3. The Bertz CT molecular complexity index is 980. The van der Waals surface area contributed by atoms with Crippen molar-refractivity contribution in [2.24, 2.45) is 5.92 Å². The third kappa shape index (κ3) is 3.65. The highest BCUT2D eigenvalue weighted by molar-refractivity contribution is 6.32. The van der Waals surface area contributed by atoms with E-state index in [4.69, 9.17) is 34.8 Å². The van der Waals surface area contributed by atoms with E-state index in [1.165, 1.54) is 4.90 Å². The molecule has 152 valence electrons. The minimum atomic E-state index is -0.977. The quantitative estimate of drug-likeness (QED) is 0.649. The lowest BCUT2D eigenvalue weighted by atomic mass is 9.65. The first kappa shape index (κ1) is 20.3. The smallest absolute Gasteiger partial charge is 0.407 e. The summed E-state index contributed by atoms with van der Waals surface area (Å²) in [6.07, 6.45) is 0.765. The zero-order valence-electron chi connectivity index (χ0n) is 15.3. The second-order valence-electron chi connectivity index (χ2n) is 7.48. The molecule has 29 heavy (non-hydrogen) atoms. The number of carbonyl (C=O) groups excluding carboxylic acids is 1. The van der Waals surface area contributed by atoms with Gasteiger partial charge in [0.15, 0.2) is 0 Å². The van der Waals surface area contributed by atoms with Crippen molar-refractivity contribution < 1.29 is 14.7 Å². The fraction of sp³-hybridized carbons (Fsp3) is 0.350. The minimum absolute atomic E-state index is 0.170. The van der Waals surface area contributed by atoms with E-state index in [-0.39, 0.29) is 28.7 Å². The molecule has 0 spiro atoms. The van der Waals surface area contributed by atoms with Crippen LogP contribution in [-0.2, 0) is 16.6 Å². The van der Waals surface area contributed by atoms with Gasteiger partial charge in [-0.25, -0.2) is 9.78 Å². The SMILES string of the molecule is O=C(O)N1CCCC(C2(Cc3cc(Cl)nc(Cl)c3)C(=O)Nc3cc(Cl)ccc32)C1. The van der Waals surface area contributed by atoms with E-state index < -0.39 is 11.5 Å². The van der Waals surface area contributed by atoms with Gasteiger partial charge in [-0.3, -0.25) is 4.79 Å². The molecular weight excluding hydrogens is 437 g/mol. The molecule has 3 heterocycles. The van der Waals surface area contributed by atoms with Gasteiger partial charge in [-0.05, 0) is 60.6 Å². The van der Waals surface area contributed by atoms with Crippen LogP contribution in [0.1, 0.15) is 24.0 Å². The van der Waals surface area contributed by atoms with Gasteiger partial charge in [-0.15, -0.1) is 0 Å². The number of benzene rings is 1. The summed E-state index contributed by atoms with van der Waals surface area (Å²) in [4.78, 5) is 30.4. The number of nitrogens with zero attached hydrogens (tertiary/aromatic N) is 2. The third-order valence-corrected chi connectivity index (χ3v) is 6.43. The van der Waals surface area contributed by atoms with Crippen molar-refractivity contribution in [3.05, 3.63) is 56.8 Å². The average Bonchev–Trinajstić information content (AvgIpc) is 2.92.